The molecule has 1 N–H and O–H groups in total. The molecule has 0 aliphatic carbocycles. The summed E-state index contributed by atoms with van der Waals surface area (Å²) in [6.45, 7) is 7.26. The van der Waals surface area contributed by atoms with Crippen LogP contribution in [0.4, 0.5) is 5.69 Å². The van der Waals surface area contributed by atoms with Gasteiger partial charge in [-0.1, -0.05) is 24.4 Å². The van der Waals surface area contributed by atoms with Gasteiger partial charge in [-0.2, -0.15) is 0 Å². The molecule has 1 aliphatic rings. The third kappa shape index (κ3) is 3.32. The fourth-order valence-corrected chi connectivity index (χ4v) is 3.27. The van der Waals surface area contributed by atoms with Crippen molar-refractivity contribution in [3.63, 3.8) is 0 Å². The van der Waals surface area contributed by atoms with E-state index in [1.807, 2.05) is 0 Å². The summed E-state index contributed by atoms with van der Waals surface area (Å²) in [5.41, 5.74) is 0.501. The minimum Gasteiger partial charge on any atom is -0.453 e. The molecule has 7 heteroatoms. The van der Waals surface area contributed by atoms with Gasteiger partial charge in [-0.25, -0.2) is 0 Å². The summed E-state index contributed by atoms with van der Waals surface area (Å²) >= 11 is 5.55. The molecule has 0 spiro atoms. The lowest BCUT2D eigenvalue weighted by atomic mass is 10.1. The van der Waals surface area contributed by atoms with Crippen LogP contribution in [0.3, 0.4) is 0 Å². The predicted molar refractivity (Wildman–Crippen MR) is 95.3 cm³/mol. The van der Waals surface area contributed by atoms with Crippen molar-refractivity contribution in [3.8, 4) is 11.3 Å². The Morgan fingerprint density at radius 2 is 2.00 bits per heavy atom. The zero-order valence-corrected chi connectivity index (χ0v) is 14.3. The second-order valence-corrected chi connectivity index (χ2v) is 6.22. The number of nitrogens with one attached hydrogen (secondary N) is 1. The summed E-state index contributed by atoms with van der Waals surface area (Å²) in [4.78, 5) is 15.2. The molecule has 1 saturated heterocycles. The van der Waals surface area contributed by atoms with E-state index in [0.717, 1.165) is 32.7 Å². The van der Waals surface area contributed by atoms with E-state index < -0.39 is 4.92 Å². The van der Waals surface area contributed by atoms with Crippen LogP contribution in [0.1, 0.15) is 12.7 Å². The van der Waals surface area contributed by atoms with Crippen LogP contribution >= 0.6 is 12.2 Å². The van der Waals surface area contributed by atoms with E-state index >= 15 is 0 Å². The number of nitro benzene ring substituents is 1. The first-order chi connectivity index (χ1) is 11.6. The molecule has 3 rings (SSSR count). The summed E-state index contributed by atoms with van der Waals surface area (Å²) in [7, 11) is 0. The van der Waals surface area contributed by atoms with E-state index in [9.17, 15) is 10.1 Å². The summed E-state index contributed by atoms with van der Waals surface area (Å²) in [5, 5.41) is 11.2. The topological polar surface area (TPSA) is 64.0 Å². The van der Waals surface area contributed by atoms with Crippen molar-refractivity contribution in [2.75, 3.05) is 32.7 Å². The number of thiocarbonyl (C=S) groups is 1. The van der Waals surface area contributed by atoms with Crippen LogP contribution in [-0.2, 0) is 0 Å². The molecule has 0 atom stereocenters. The maximum atomic E-state index is 11.2. The standard InChI is InChI=1S/C17H19N3O3S/c1-2-18-9-11-19(12-10-18)17(24)16-8-7-15(23-16)13-5-3-4-6-14(13)20(21)22/h3-8H,2,9-12H2,1H3/p+1. The van der Waals surface area contributed by atoms with Crippen molar-refractivity contribution >= 4 is 22.9 Å². The highest BCUT2D eigenvalue weighted by atomic mass is 32.1. The number of benzene rings is 1. The molecule has 0 saturated carbocycles. The van der Waals surface area contributed by atoms with Crippen LogP contribution in [0.2, 0.25) is 0 Å². The minimum atomic E-state index is -0.400. The van der Waals surface area contributed by atoms with Crippen molar-refractivity contribution in [1.82, 2.24) is 4.90 Å². The largest absolute Gasteiger partial charge is 0.453 e. The van der Waals surface area contributed by atoms with Gasteiger partial charge in [0.15, 0.2) is 5.76 Å². The minimum absolute atomic E-state index is 0.0319. The number of nitrogens with zero attached hydrogens (tertiary/aromatic N) is 2. The molecular formula is C17H20N3O3S+. The number of likely N-dealkylation sites (N-methyl/N-ethyl adjacent to an activating group) is 1. The van der Waals surface area contributed by atoms with Gasteiger partial charge in [0.25, 0.3) is 5.69 Å². The molecule has 6 nitrogen and oxygen atoms in total. The zero-order chi connectivity index (χ0) is 17.1. The Hall–Kier alpha value is -2.25. The quantitative estimate of drug-likeness (QED) is 0.519. The van der Waals surface area contributed by atoms with E-state index in [-0.39, 0.29) is 5.69 Å². The van der Waals surface area contributed by atoms with Gasteiger partial charge in [-0.3, -0.25) is 10.1 Å². The third-order valence-electron chi connectivity index (χ3n) is 4.44. The molecule has 2 heterocycles. The van der Waals surface area contributed by atoms with Crippen molar-refractivity contribution in [2.45, 2.75) is 6.92 Å². The van der Waals surface area contributed by atoms with Crippen LogP contribution in [-0.4, -0.2) is 47.5 Å². The number of piperazine rings is 1. The van der Waals surface area contributed by atoms with E-state index in [2.05, 4.69) is 11.8 Å². The van der Waals surface area contributed by atoms with Crippen LogP contribution in [0.15, 0.2) is 40.8 Å². The van der Waals surface area contributed by atoms with Gasteiger partial charge in [0.1, 0.15) is 10.7 Å². The number of nitro groups is 1. The molecule has 1 aromatic heterocycles. The van der Waals surface area contributed by atoms with Gasteiger partial charge in [-0.15, -0.1) is 0 Å². The van der Waals surface area contributed by atoms with Crippen LogP contribution < -0.4 is 4.90 Å². The van der Waals surface area contributed by atoms with E-state index in [4.69, 9.17) is 16.6 Å². The number of quaternary nitrogens is 1. The second-order valence-electron chi connectivity index (χ2n) is 5.83. The highest BCUT2D eigenvalue weighted by Crippen LogP contribution is 2.31. The molecule has 0 bridgehead atoms. The van der Waals surface area contributed by atoms with Gasteiger partial charge in [0.2, 0.25) is 0 Å². The predicted octanol–water partition coefficient (Wildman–Crippen LogP) is 1.75. The zero-order valence-electron chi connectivity index (χ0n) is 13.5. The lowest BCUT2D eigenvalue weighted by Gasteiger charge is -2.32. The van der Waals surface area contributed by atoms with Crippen LogP contribution in [0.25, 0.3) is 11.3 Å². The fraction of sp³-hybridized carbons (Fsp3) is 0.353. The van der Waals surface area contributed by atoms with Crippen molar-refractivity contribution in [1.29, 1.82) is 0 Å². The van der Waals surface area contributed by atoms with Gasteiger partial charge >= 0.3 is 0 Å². The molecule has 0 amide bonds. The van der Waals surface area contributed by atoms with Crippen molar-refractivity contribution < 1.29 is 14.2 Å². The number of hydrogen-bond acceptors (Lipinski definition) is 4. The molecule has 0 unspecified atom stereocenters. The molecule has 1 fully saturated rings. The highest BCUT2D eigenvalue weighted by molar-refractivity contribution is 7.80. The van der Waals surface area contributed by atoms with Crippen molar-refractivity contribution in [3.05, 3.63) is 52.3 Å². The van der Waals surface area contributed by atoms with Crippen LogP contribution in [0, 0.1) is 10.1 Å². The Morgan fingerprint density at radius 1 is 1.29 bits per heavy atom. The number of para-hydroxylation sites is 1. The van der Waals surface area contributed by atoms with E-state index in [1.54, 1.807) is 35.2 Å². The average molecular weight is 346 g/mol. The van der Waals surface area contributed by atoms with Gasteiger partial charge < -0.3 is 14.2 Å². The molecular weight excluding hydrogens is 326 g/mol. The Morgan fingerprint density at radius 3 is 2.67 bits per heavy atom. The normalized spacial score (nSPS) is 15.5. The fourth-order valence-electron chi connectivity index (χ4n) is 2.97. The molecule has 1 aromatic carbocycles. The van der Waals surface area contributed by atoms with E-state index in [1.165, 1.54) is 6.07 Å². The van der Waals surface area contributed by atoms with Crippen LogP contribution in [0.5, 0.6) is 0 Å². The maximum Gasteiger partial charge on any atom is 0.280 e. The smallest absolute Gasteiger partial charge is 0.280 e. The maximum absolute atomic E-state index is 11.2. The Labute approximate surface area is 145 Å². The molecule has 2 aromatic rings. The Bertz CT molecular complexity index is 751. The number of hydrogen-bond donors (Lipinski definition) is 1. The van der Waals surface area contributed by atoms with Gasteiger partial charge in [-0.05, 0) is 25.1 Å². The third-order valence-corrected chi connectivity index (χ3v) is 4.90. The number of rotatable bonds is 4. The SMILES string of the molecule is CC[NH+]1CCN(C(=S)c2ccc(-c3ccccc3[N+](=O)[O-])o2)CC1. The monoisotopic (exact) mass is 346 g/mol. The molecule has 0 radical (unpaired) electrons. The lowest BCUT2D eigenvalue weighted by Crippen LogP contribution is -3.14. The Balaban J connectivity index is 1.79. The highest BCUT2D eigenvalue weighted by Gasteiger charge is 2.24. The van der Waals surface area contributed by atoms with Gasteiger partial charge in [0.05, 0.1) is 43.2 Å². The summed E-state index contributed by atoms with van der Waals surface area (Å²) in [6, 6.07) is 10.1. The second kappa shape index (κ2) is 7.11. The first-order valence-electron chi connectivity index (χ1n) is 8.06. The van der Waals surface area contributed by atoms with Crippen molar-refractivity contribution in [2.24, 2.45) is 0 Å². The molecule has 126 valence electrons. The average Bonchev–Trinajstić information content (AvgIpc) is 3.11. The molecule has 1 aliphatic heterocycles. The Kier molecular flexibility index (Phi) is 4.92. The van der Waals surface area contributed by atoms with Gasteiger partial charge in [0, 0.05) is 6.07 Å². The first kappa shape index (κ1) is 16.6. The summed E-state index contributed by atoms with van der Waals surface area (Å²) in [6.07, 6.45) is 0. The number of furan rings is 1. The lowest BCUT2D eigenvalue weighted by molar-refractivity contribution is -0.902. The molecule has 24 heavy (non-hydrogen) atoms. The first-order valence-corrected chi connectivity index (χ1v) is 8.47. The summed E-state index contributed by atoms with van der Waals surface area (Å²) in [5.74, 6) is 1.07. The van der Waals surface area contributed by atoms with E-state index in [0.29, 0.717) is 22.1 Å². The summed E-state index contributed by atoms with van der Waals surface area (Å²) < 4.78 is 5.83.